The van der Waals surface area contributed by atoms with Gasteiger partial charge in [-0.15, -0.1) is 0 Å². The Morgan fingerprint density at radius 2 is 2.03 bits per heavy atom. The molecule has 0 amide bonds. The smallest absolute Gasteiger partial charge is 0.278 e. The second-order valence-corrected chi connectivity index (χ2v) is 7.79. The van der Waals surface area contributed by atoms with E-state index in [1.807, 2.05) is 48.0 Å². The first kappa shape index (κ1) is 18.8. The van der Waals surface area contributed by atoms with Gasteiger partial charge in [0.05, 0.1) is 12.1 Å². The van der Waals surface area contributed by atoms with Crippen molar-refractivity contribution >= 4 is 0 Å². The van der Waals surface area contributed by atoms with Crippen molar-refractivity contribution in [3.05, 3.63) is 77.5 Å². The summed E-state index contributed by atoms with van der Waals surface area (Å²) in [6, 6.07) is 21.2. The fourth-order valence-electron chi connectivity index (χ4n) is 3.95. The summed E-state index contributed by atoms with van der Waals surface area (Å²) in [5.41, 5.74) is 4.84. The molecule has 30 heavy (non-hydrogen) atoms. The van der Waals surface area contributed by atoms with Crippen LogP contribution in [0.4, 0.5) is 0 Å². The van der Waals surface area contributed by atoms with Crippen LogP contribution in [0.5, 0.6) is 0 Å². The van der Waals surface area contributed by atoms with Gasteiger partial charge >= 0.3 is 0 Å². The summed E-state index contributed by atoms with van der Waals surface area (Å²) >= 11 is 0. The van der Waals surface area contributed by atoms with Crippen molar-refractivity contribution in [2.45, 2.75) is 38.3 Å². The number of methoxy groups -OCH3 is 1. The molecule has 0 spiro atoms. The van der Waals surface area contributed by atoms with Gasteiger partial charge < -0.3 is 9.26 Å². The molecule has 0 unspecified atom stereocenters. The predicted molar refractivity (Wildman–Crippen MR) is 113 cm³/mol. The molecule has 0 aliphatic heterocycles. The Morgan fingerprint density at radius 3 is 2.70 bits per heavy atom. The molecule has 1 aliphatic rings. The third kappa shape index (κ3) is 3.33. The minimum Gasteiger partial charge on any atom is -0.374 e. The average Bonchev–Trinajstić information content (AvgIpc) is 3.37. The van der Waals surface area contributed by atoms with E-state index in [2.05, 4.69) is 39.5 Å². The number of hydrogen-bond donors (Lipinski definition) is 0. The van der Waals surface area contributed by atoms with E-state index in [0.717, 1.165) is 29.7 Å². The molecular weight excluding hydrogens is 376 g/mol. The van der Waals surface area contributed by atoms with E-state index in [1.165, 1.54) is 12.0 Å². The van der Waals surface area contributed by atoms with Gasteiger partial charge in [-0.25, -0.2) is 0 Å². The average molecular weight is 399 g/mol. The summed E-state index contributed by atoms with van der Waals surface area (Å²) < 4.78 is 13.2. The van der Waals surface area contributed by atoms with Crippen molar-refractivity contribution < 1.29 is 9.26 Å². The summed E-state index contributed by atoms with van der Waals surface area (Å²) in [5, 5.41) is 8.81. The lowest BCUT2D eigenvalue weighted by Crippen LogP contribution is -2.35. The molecule has 151 valence electrons. The molecule has 1 saturated carbocycles. The number of benzene rings is 2. The van der Waals surface area contributed by atoms with E-state index in [-0.39, 0.29) is 5.60 Å². The first-order chi connectivity index (χ1) is 14.7. The summed E-state index contributed by atoms with van der Waals surface area (Å²) in [5.74, 6) is 0.976. The van der Waals surface area contributed by atoms with Crippen LogP contribution < -0.4 is 0 Å². The third-order valence-electron chi connectivity index (χ3n) is 5.95. The lowest BCUT2D eigenvalue weighted by molar-refractivity contribution is -0.0778. The second-order valence-electron chi connectivity index (χ2n) is 7.79. The molecule has 1 aliphatic carbocycles. The third-order valence-corrected chi connectivity index (χ3v) is 5.95. The Bertz CT molecular complexity index is 1140. The zero-order valence-corrected chi connectivity index (χ0v) is 17.1. The van der Waals surface area contributed by atoms with Crippen LogP contribution in [0.25, 0.3) is 23.0 Å². The van der Waals surface area contributed by atoms with Gasteiger partial charge in [-0.1, -0.05) is 47.6 Å². The van der Waals surface area contributed by atoms with Crippen molar-refractivity contribution in [2.75, 3.05) is 7.11 Å². The molecule has 4 aromatic rings. The maximum Gasteiger partial charge on any atom is 0.278 e. The van der Waals surface area contributed by atoms with Crippen molar-refractivity contribution in [3.63, 3.8) is 0 Å². The van der Waals surface area contributed by atoms with Crippen LogP contribution in [0.3, 0.4) is 0 Å². The molecule has 0 N–H and O–H groups in total. The molecule has 2 aromatic heterocycles. The largest absolute Gasteiger partial charge is 0.374 e. The van der Waals surface area contributed by atoms with Gasteiger partial charge in [-0.05, 0) is 55.5 Å². The molecule has 0 atom stereocenters. The maximum absolute atomic E-state index is 5.76. The molecular formula is C24H23N4O2. The highest BCUT2D eigenvalue weighted by molar-refractivity contribution is 5.58. The van der Waals surface area contributed by atoms with Crippen molar-refractivity contribution in [1.82, 2.24) is 19.9 Å². The normalized spacial score (nSPS) is 15.1. The van der Waals surface area contributed by atoms with Crippen LogP contribution in [0.15, 0.2) is 59.1 Å². The van der Waals surface area contributed by atoms with Gasteiger partial charge in [0.1, 0.15) is 0 Å². The Kier molecular flexibility index (Phi) is 4.71. The summed E-state index contributed by atoms with van der Waals surface area (Å²) in [7, 11) is 1.79. The van der Waals surface area contributed by atoms with Gasteiger partial charge in [0, 0.05) is 18.4 Å². The quantitative estimate of drug-likeness (QED) is 0.467. The summed E-state index contributed by atoms with van der Waals surface area (Å²) in [6.45, 7) is 2.69. The van der Waals surface area contributed by atoms with E-state index in [4.69, 9.17) is 9.26 Å². The highest BCUT2D eigenvalue weighted by Gasteiger charge is 2.38. The minimum absolute atomic E-state index is 0.123. The highest BCUT2D eigenvalue weighted by Crippen LogP contribution is 2.44. The fraction of sp³-hybridized carbons (Fsp3) is 0.292. The van der Waals surface area contributed by atoms with E-state index < -0.39 is 0 Å². The maximum atomic E-state index is 5.76. The Labute approximate surface area is 175 Å². The molecule has 1 radical (unpaired) electrons. The number of nitrogens with zero attached hydrogens (tertiary/aromatic N) is 4. The molecule has 2 heterocycles. The molecule has 2 aromatic carbocycles. The van der Waals surface area contributed by atoms with Crippen molar-refractivity contribution in [3.8, 4) is 23.0 Å². The Hall–Kier alpha value is -3.25. The Balaban J connectivity index is 1.36. The van der Waals surface area contributed by atoms with Crippen molar-refractivity contribution in [2.24, 2.45) is 0 Å². The number of rotatable bonds is 6. The highest BCUT2D eigenvalue weighted by atomic mass is 16.5. The van der Waals surface area contributed by atoms with Crippen molar-refractivity contribution in [1.29, 1.82) is 0 Å². The first-order valence-electron chi connectivity index (χ1n) is 10.2. The van der Waals surface area contributed by atoms with Crippen LogP contribution in [-0.4, -0.2) is 27.0 Å². The van der Waals surface area contributed by atoms with Gasteiger partial charge in [0.2, 0.25) is 5.82 Å². The molecule has 5 rings (SSSR count). The van der Waals surface area contributed by atoms with E-state index in [1.54, 1.807) is 7.11 Å². The molecule has 0 bridgehead atoms. The first-order valence-corrected chi connectivity index (χ1v) is 10.2. The summed E-state index contributed by atoms with van der Waals surface area (Å²) in [6.07, 6.45) is 3.34. The van der Waals surface area contributed by atoms with Crippen LogP contribution >= 0.6 is 0 Å². The molecule has 1 fully saturated rings. The lowest BCUT2D eigenvalue weighted by atomic mass is 9.75. The molecule has 6 heteroatoms. The fourth-order valence-corrected chi connectivity index (χ4v) is 3.95. The predicted octanol–water partition coefficient (Wildman–Crippen LogP) is 4.78. The monoisotopic (exact) mass is 399 g/mol. The van der Waals surface area contributed by atoms with E-state index >= 15 is 0 Å². The molecule has 0 saturated heterocycles. The number of aryl methyl sites for hydroxylation is 1. The van der Waals surface area contributed by atoms with Crippen LogP contribution in [0.1, 0.15) is 36.1 Å². The lowest BCUT2D eigenvalue weighted by Gasteiger charge is -2.41. The zero-order chi connectivity index (χ0) is 20.6. The van der Waals surface area contributed by atoms with Crippen LogP contribution in [-0.2, 0) is 16.9 Å². The van der Waals surface area contributed by atoms with Gasteiger partial charge in [-0.2, -0.15) is 10.1 Å². The number of aromatic nitrogens is 4. The number of ether oxygens (including phenoxy) is 1. The topological polar surface area (TPSA) is 66.0 Å². The van der Waals surface area contributed by atoms with Crippen LogP contribution in [0.2, 0.25) is 0 Å². The van der Waals surface area contributed by atoms with E-state index in [9.17, 15) is 0 Å². The summed E-state index contributed by atoms with van der Waals surface area (Å²) in [4.78, 5) is 4.57. The second kappa shape index (κ2) is 7.54. The van der Waals surface area contributed by atoms with E-state index in [0.29, 0.717) is 24.0 Å². The number of hydrogen-bond acceptors (Lipinski definition) is 5. The molecule has 6 nitrogen and oxygen atoms in total. The van der Waals surface area contributed by atoms with Gasteiger partial charge in [-0.3, -0.25) is 4.68 Å². The minimum atomic E-state index is -0.123. The zero-order valence-electron chi connectivity index (χ0n) is 17.1. The van der Waals surface area contributed by atoms with Gasteiger partial charge in [0.15, 0.2) is 5.69 Å². The van der Waals surface area contributed by atoms with Crippen LogP contribution in [0, 0.1) is 13.0 Å². The van der Waals surface area contributed by atoms with Gasteiger partial charge in [0.25, 0.3) is 5.89 Å². The standard InChI is InChI=1S/C24H23N4O2/c1-17-15-21(26-28(17)16-18-7-4-3-5-8-18)23-25-22(27-30-23)19-9-11-20(12-10-19)24(29-2)13-6-14-24/h3-4,7-12,15H,6,13-14,16H2,1-2H3. The Morgan fingerprint density at radius 1 is 1.20 bits per heavy atom. The SMILES string of the molecule is COC1(c2ccc(-c3noc(-c4cc(C)n(Cc5c[c]ccc5)n4)n3)cc2)CCC1.